The predicted molar refractivity (Wildman–Crippen MR) is 93.0 cm³/mol. The van der Waals surface area contributed by atoms with Gasteiger partial charge >= 0.3 is 0 Å². The lowest BCUT2D eigenvalue weighted by Gasteiger charge is -2.22. The van der Waals surface area contributed by atoms with Crippen molar-refractivity contribution < 1.29 is 9.53 Å². The van der Waals surface area contributed by atoms with E-state index in [-0.39, 0.29) is 5.91 Å². The summed E-state index contributed by atoms with van der Waals surface area (Å²) in [6.45, 7) is 0. The molecular formula is C17H23N3O2S. The van der Waals surface area contributed by atoms with Crippen molar-refractivity contribution in [1.82, 2.24) is 15.3 Å². The Labute approximate surface area is 140 Å². The molecule has 1 aliphatic carbocycles. The third-order valence-electron chi connectivity index (χ3n) is 4.21. The number of carbonyl (C=O) groups excluding carboxylic acids is 1. The van der Waals surface area contributed by atoms with Gasteiger partial charge in [-0.3, -0.25) is 4.79 Å². The van der Waals surface area contributed by atoms with E-state index in [2.05, 4.69) is 15.3 Å². The zero-order valence-corrected chi connectivity index (χ0v) is 14.2. The molecule has 0 aliphatic heterocycles. The van der Waals surface area contributed by atoms with Crippen LogP contribution in [0.25, 0.3) is 11.0 Å². The second-order valence-corrected chi connectivity index (χ2v) is 7.01. The van der Waals surface area contributed by atoms with Gasteiger partial charge in [0.05, 0.1) is 18.1 Å². The largest absolute Gasteiger partial charge is 0.497 e. The average molecular weight is 333 g/mol. The van der Waals surface area contributed by atoms with Crippen LogP contribution in [-0.2, 0) is 4.79 Å². The molecule has 1 aromatic carbocycles. The molecule has 23 heavy (non-hydrogen) atoms. The third-order valence-corrected chi connectivity index (χ3v) is 5.08. The maximum Gasteiger partial charge on any atom is 0.221 e. The first-order valence-electron chi connectivity index (χ1n) is 8.20. The standard InChI is InChI=1S/C17H23N3O2S/c1-22-13-7-8-14-15(11-13)20-17(19-14)23-10-9-16(21)18-12-5-3-2-4-6-12/h7-8,11-12H,2-6,9-10H2,1H3,(H,18,21)(H,19,20). The van der Waals surface area contributed by atoms with Gasteiger partial charge in [-0.15, -0.1) is 0 Å². The van der Waals surface area contributed by atoms with Crippen LogP contribution >= 0.6 is 11.8 Å². The Morgan fingerprint density at radius 1 is 1.39 bits per heavy atom. The highest BCUT2D eigenvalue weighted by atomic mass is 32.2. The van der Waals surface area contributed by atoms with E-state index in [1.54, 1.807) is 18.9 Å². The number of aromatic nitrogens is 2. The number of nitrogens with zero attached hydrogens (tertiary/aromatic N) is 1. The van der Waals surface area contributed by atoms with E-state index in [0.29, 0.717) is 12.5 Å². The van der Waals surface area contributed by atoms with E-state index in [1.165, 1.54) is 19.3 Å². The maximum absolute atomic E-state index is 12.0. The van der Waals surface area contributed by atoms with Crippen LogP contribution in [0, 0.1) is 0 Å². The number of benzene rings is 1. The van der Waals surface area contributed by atoms with Gasteiger partial charge in [0.2, 0.25) is 5.91 Å². The Kier molecular flexibility index (Phi) is 5.43. The van der Waals surface area contributed by atoms with Crippen molar-refractivity contribution in [2.45, 2.75) is 49.7 Å². The molecule has 1 aromatic heterocycles. The summed E-state index contributed by atoms with van der Waals surface area (Å²) in [6.07, 6.45) is 6.57. The van der Waals surface area contributed by atoms with Crippen molar-refractivity contribution in [2.75, 3.05) is 12.9 Å². The normalized spacial score (nSPS) is 15.7. The summed E-state index contributed by atoms with van der Waals surface area (Å²) < 4.78 is 5.21. The van der Waals surface area contributed by atoms with E-state index in [1.807, 2.05) is 18.2 Å². The van der Waals surface area contributed by atoms with Crippen molar-refractivity contribution in [2.24, 2.45) is 0 Å². The van der Waals surface area contributed by atoms with E-state index in [0.717, 1.165) is 40.5 Å². The summed E-state index contributed by atoms with van der Waals surface area (Å²) in [4.78, 5) is 19.8. The third kappa shape index (κ3) is 4.41. The quantitative estimate of drug-likeness (QED) is 0.794. The van der Waals surface area contributed by atoms with E-state index in [9.17, 15) is 4.79 Å². The van der Waals surface area contributed by atoms with Gasteiger partial charge in [-0.2, -0.15) is 0 Å². The summed E-state index contributed by atoms with van der Waals surface area (Å²) in [7, 11) is 1.65. The molecule has 1 aliphatic rings. The van der Waals surface area contributed by atoms with Crippen LogP contribution in [0.2, 0.25) is 0 Å². The molecule has 1 fully saturated rings. The van der Waals surface area contributed by atoms with Crippen LogP contribution in [0.15, 0.2) is 23.4 Å². The van der Waals surface area contributed by atoms with Crippen LogP contribution in [0.5, 0.6) is 5.75 Å². The first-order valence-corrected chi connectivity index (χ1v) is 9.19. The minimum Gasteiger partial charge on any atom is -0.497 e. The predicted octanol–water partition coefficient (Wildman–Crippen LogP) is 3.50. The number of amides is 1. The summed E-state index contributed by atoms with van der Waals surface area (Å²) in [5.74, 6) is 1.70. The average Bonchev–Trinajstić information content (AvgIpc) is 2.97. The van der Waals surface area contributed by atoms with Crippen LogP contribution < -0.4 is 10.1 Å². The number of aromatic amines is 1. The van der Waals surface area contributed by atoms with Gasteiger partial charge in [-0.05, 0) is 25.0 Å². The topological polar surface area (TPSA) is 67.0 Å². The molecule has 2 N–H and O–H groups in total. The number of hydrogen-bond acceptors (Lipinski definition) is 4. The lowest BCUT2D eigenvalue weighted by molar-refractivity contribution is -0.121. The highest BCUT2D eigenvalue weighted by Gasteiger charge is 2.15. The summed E-state index contributed by atoms with van der Waals surface area (Å²) in [6, 6.07) is 6.15. The lowest BCUT2D eigenvalue weighted by Crippen LogP contribution is -2.36. The molecule has 0 bridgehead atoms. The fraction of sp³-hybridized carbons (Fsp3) is 0.529. The Morgan fingerprint density at radius 2 is 2.22 bits per heavy atom. The van der Waals surface area contributed by atoms with E-state index in [4.69, 9.17) is 4.74 Å². The van der Waals surface area contributed by atoms with Crippen LogP contribution in [-0.4, -0.2) is 34.8 Å². The van der Waals surface area contributed by atoms with Gasteiger partial charge in [-0.1, -0.05) is 31.0 Å². The maximum atomic E-state index is 12.0. The fourth-order valence-electron chi connectivity index (χ4n) is 2.95. The molecule has 124 valence electrons. The molecule has 3 rings (SSSR count). The smallest absolute Gasteiger partial charge is 0.221 e. The Bertz CT molecular complexity index is 665. The molecular weight excluding hydrogens is 310 g/mol. The van der Waals surface area contributed by atoms with Crippen molar-refractivity contribution in [3.8, 4) is 5.75 Å². The monoisotopic (exact) mass is 333 g/mol. The number of imidazole rings is 1. The van der Waals surface area contributed by atoms with Crippen LogP contribution in [0.1, 0.15) is 38.5 Å². The van der Waals surface area contributed by atoms with Gasteiger partial charge in [-0.25, -0.2) is 4.98 Å². The summed E-state index contributed by atoms with van der Waals surface area (Å²) in [5.41, 5.74) is 1.87. The SMILES string of the molecule is COc1ccc2nc(SCCC(=O)NC3CCCCC3)[nH]c2c1. The second-order valence-electron chi connectivity index (χ2n) is 5.93. The van der Waals surface area contributed by atoms with Crippen LogP contribution in [0.3, 0.4) is 0 Å². The number of hydrogen-bond donors (Lipinski definition) is 2. The van der Waals surface area contributed by atoms with Gasteiger partial charge in [0, 0.05) is 24.3 Å². The van der Waals surface area contributed by atoms with Crippen LogP contribution in [0.4, 0.5) is 0 Å². The Balaban J connectivity index is 1.47. The minimum atomic E-state index is 0.155. The molecule has 2 aromatic rings. The zero-order valence-electron chi connectivity index (χ0n) is 13.4. The first-order chi connectivity index (χ1) is 11.2. The number of nitrogens with one attached hydrogen (secondary N) is 2. The Hall–Kier alpha value is -1.69. The van der Waals surface area contributed by atoms with E-state index >= 15 is 0 Å². The van der Waals surface area contributed by atoms with Crippen molar-refractivity contribution in [1.29, 1.82) is 0 Å². The minimum absolute atomic E-state index is 0.155. The van der Waals surface area contributed by atoms with Gasteiger partial charge in [0.1, 0.15) is 5.75 Å². The first kappa shape index (κ1) is 16.2. The zero-order chi connectivity index (χ0) is 16.1. The number of rotatable bonds is 6. The molecule has 0 radical (unpaired) electrons. The highest BCUT2D eigenvalue weighted by Crippen LogP contribution is 2.23. The summed E-state index contributed by atoms with van der Waals surface area (Å²) >= 11 is 1.58. The number of methoxy groups -OCH3 is 1. The number of carbonyl (C=O) groups is 1. The summed E-state index contributed by atoms with van der Waals surface area (Å²) in [5, 5.41) is 3.99. The van der Waals surface area contributed by atoms with E-state index < -0.39 is 0 Å². The lowest BCUT2D eigenvalue weighted by atomic mass is 9.95. The molecule has 0 atom stereocenters. The van der Waals surface area contributed by atoms with Gasteiger partial charge in [0.15, 0.2) is 5.16 Å². The second kappa shape index (κ2) is 7.73. The van der Waals surface area contributed by atoms with Crippen molar-refractivity contribution in [3.05, 3.63) is 18.2 Å². The molecule has 1 amide bonds. The van der Waals surface area contributed by atoms with Gasteiger partial charge in [0.25, 0.3) is 0 Å². The molecule has 1 saturated carbocycles. The molecule has 0 unspecified atom stereocenters. The molecule has 0 spiro atoms. The molecule has 6 heteroatoms. The van der Waals surface area contributed by atoms with Crippen molar-refractivity contribution in [3.63, 3.8) is 0 Å². The number of ether oxygens (including phenoxy) is 1. The molecule has 0 saturated heterocycles. The number of H-pyrrole nitrogens is 1. The molecule has 5 nitrogen and oxygen atoms in total. The Morgan fingerprint density at radius 3 is 3.00 bits per heavy atom. The highest BCUT2D eigenvalue weighted by molar-refractivity contribution is 7.99. The number of thioether (sulfide) groups is 1. The fourth-order valence-corrected chi connectivity index (χ4v) is 3.77. The number of fused-ring (bicyclic) bond motifs is 1. The molecule has 1 heterocycles. The van der Waals surface area contributed by atoms with Gasteiger partial charge < -0.3 is 15.0 Å². The van der Waals surface area contributed by atoms with Crippen molar-refractivity contribution >= 4 is 28.7 Å².